The molecular formula is C15H23NO. The average molecular weight is 233 g/mol. The van der Waals surface area contributed by atoms with E-state index in [1.54, 1.807) is 0 Å². The van der Waals surface area contributed by atoms with Crippen molar-refractivity contribution < 1.29 is 5.11 Å². The maximum Gasteiger partial charge on any atom is 0.121 e. The molecule has 0 radical (unpaired) electrons. The Bertz CT molecular complexity index is 400. The van der Waals surface area contributed by atoms with Crippen LogP contribution in [-0.4, -0.2) is 23.1 Å². The number of phenols is 1. The van der Waals surface area contributed by atoms with Gasteiger partial charge in [-0.15, -0.1) is 0 Å². The number of aromatic hydroxyl groups is 1. The van der Waals surface area contributed by atoms with Gasteiger partial charge in [-0.05, 0) is 48.9 Å². The van der Waals surface area contributed by atoms with Gasteiger partial charge in [0, 0.05) is 13.1 Å². The fourth-order valence-electron chi connectivity index (χ4n) is 2.75. The predicted octanol–water partition coefficient (Wildman–Crippen LogP) is 3.24. The van der Waals surface area contributed by atoms with Gasteiger partial charge in [0.2, 0.25) is 0 Å². The molecule has 2 heteroatoms. The number of benzene rings is 1. The zero-order valence-electron chi connectivity index (χ0n) is 11.4. The second-order valence-corrected chi connectivity index (χ2v) is 6.20. The molecule has 0 amide bonds. The van der Waals surface area contributed by atoms with Crippen molar-refractivity contribution in [2.45, 2.75) is 40.7 Å². The Kier molecular flexibility index (Phi) is 3.17. The Morgan fingerprint density at radius 1 is 1.24 bits per heavy atom. The van der Waals surface area contributed by atoms with Crippen LogP contribution in [0, 0.1) is 19.3 Å². The summed E-state index contributed by atoms with van der Waals surface area (Å²) in [5.74, 6) is 0.440. The average Bonchev–Trinajstić information content (AvgIpc) is 2.54. The monoisotopic (exact) mass is 233 g/mol. The standard InChI is InChI=1S/C15H23NO/c1-11-7-13(8-12(2)14(11)17)9-16-6-5-15(3,4)10-16/h7-8,17H,5-6,9-10H2,1-4H3. The van der Waals surface area contributed by atoms with E-state index in [9.17, 15) is 5.11 Å². The van der Waals surface area contributed by atoms with Crippen LogP contribution >= 0.6 is 0 Å². The van der Waals surface area contributed by atoms with E-state index < -0.39 is 0 Å². The number of hydrogen-bond acceptors (Lipinski definition) is 2. The molecule has 0 saturated carbocycles. The van der Waals surface area contributed by atoms with Gasteiger partial charge in [-0.2, -0.15) is 0 Å². The molecule has 1 saturated heterocycles. The molecule has 0 aromatic heterocycles. The lowest BCUT2D eigenvalue weighted by molar-refractivity contribution is 0.284. The molecule has 0 bridgehead atoms. The van der Waals surface area contributed by atoms with Crippen LogP contribution in [0.25, 0.3) is 0 Å². The molecule has 0 aliphatic carbocycles. The maximum absolute atomic E-state index is 9.76. The SMILES string of the molecule is Cc1cc(CN2CCC(C)(C)C2)cc(C)c1O. The summed E-state index contributed by atoms with van der Waals surface area (Å²) < 4.78 is 0. The smallest absolute Gasteiger partial charge is 0.121 e. The first-order valence-corrected chi connectivity index (χ1v) is 6.39. The zero-order valence-corrected chi connectivity index (χ0v) is 11.4. The highest BCUT2D eigenvalue weighted by molar-refractivity contribution is 5.42. The molecule has 94 valence electrons. The molecule has 1 aromatic carbocycles. The zero-order chi connectivity index (χ0) is 12.6. The van der Waals surface area contributed by atoms with E-state index in [-0.39, 0.29) is 0 Å². The van der Waals surface area contributed by atoms with E-state index in [1.165, 1.54) is 25.1 Å². The Labute approximate surface area is 104 Å². The molecule has 1 N–H and O–H groups in total. The molecule has 0 unspecified atom stereocenters. The van der Waals surface area contributed by atoms with E-state index in [2.05, 4.69) is 30.9 Å². The first-order valence-electron chi connectivity index (χ1n) is 6.39. The van der Waals surface area contributed by atoms with Gasteiger partial charge >= 0.3 is 0 Å². The van der Waals surface area contributed by atoms with Crippen LogP contribution in [0.2, 0.25) is 0 Å². The molecule has 1 aromatic rings. The van der Waals surface area contributed by atoms with Crippen LogP contribution in [0.5, 0.6) is 5.75 Å². The van der Waals surface area contributed by atoms with Crippen LogP contribution in [0.4, 0.5) is 0 Å². The second-order valence-electron chi connectivity index (χ2n) is 6.20. The molecular weight excluding hydrogens is 210 g/mol. The highest BCUT2D eigenvalue weighted by atomic mass is 16.3. The Morgan fingerprint density at radius 3 is 2.29 bits per heavy atom. The molecule has 17 heavy (non-hydrogen) atoms. The van der Waals surface area contributed by atoms with E-state index in [0.717, 1.165) is 17.7 Å². The van der Waals surface area contributed by atoms with Gasteiger partial charge in [0.15, 0.2) is 0 Å². The van der Waals surface area contributed by atoms with Crippen molar-refractivity contribution in [2.75, 3.05) is 13.1 Å². The highest BCUT2D eigenvalue weighted by Gasteiger charge is 2.28. The lowest BCUT2D eigenvalue weighted by Gasteiger charge is -2.20. The quantitative estimate of drug-likeness (QED) is 0.847. The van der Waals surface area contributed by atoms with Gasteiger partial charge in [0.1, 0.15) is 5.75 Å². The summed E-state index contributed by atoms with van der Waals surface area (Å²) >= 11 is 0. The van der Waals surface area contributed by atoms with E-state index in [0.29, 0.717) is 11.2 Å². The summed E-state index contributed by atoms with van der Waals surface area (Å²) in [4.78, 5) is 2.51. The Hall–Kier alpha value is -1.02. The molecule has 1 aliphatic rings. The third-order valence-corrected chi connectivity index (χ3v) is 3.71. The second kappa shape index (κ2) is 4.34. The van der Waals surface area contributed by atoms with E-state index in [1.807, 2.05) is 13.8 Å². The van der Waals surface area contributed by atoms with Crippen molar-refractivity contribution in [1.82, 2.24) is 4.90 Å². The summed E-state index contributed by atoms with van der Waals surface area (Å²) in [6.45, 7) is 12.0. The number of hydrogen-bond donors (Lipinski definition) is 1. The first-order chi connectivity index (χ1) is 7.87. The molecule has 1 aliphatic heterocycles. The number of phenolic OH excluding ortho intramolecular Hbond substituents is 1. The Morgan fingerprint density at radius 2 is 1.82 bits per heavy atom. The maximum atomic E-state index is 9.76. The summed E-state index contributed by atoms with van der Waals surface area (Å²) in [5.41, 5.74) is 3.74. The molecule has 2 rings (SSSR count). The minimum atomic E-state index is 0.440. The van der Waals surface area contributed by atoms with Gasteiger partial charge in [-0.1, -0.05) is 26.0 Å². The normalized spacial score (nSPS) is 19.8. The minimum absolute atomic E-state index is 0.440. The van der Waals surface area contributed by atoms with Crippen molar-refractivity contribution >= 4 is 0 Å². The van der Waals surface area contributed by atoms with Crippen LogP contribution in [0.15, 0.2) is 12.1 Å². The number of likely N-dealkylation sites (tertiary alicyclic amines) is 1. The first kappa shape index (κ1) is 12.4. The molecule has 2 nitrogen and oxygen atoms in total. The van der Waals surface area contributed by atoms with Gasteiger partial charge in [0.25, 0.3) is 0 Å². The lowest BCUT2D eigenvalue weighted by atomic mass is 9.93. The summed E-state index contributed by atoms with van der Waals surface area (Å²) in [5, 5.41) is 9.76. The third-order valence-electron chi connectivity index (χ3n) is 3.71. The fourth-order valence-corrected chi connectivity index (χ4v) is 2.75. The summed E-state index contributed by atoms with van der Waals surface area (Å²) in [6, 6.07) is 4.21. The van der Waals surface area contributed by atoms with Crippen molar-refractivity contribution in [2.24, 2.45) is 5.41 Å². The van der Waals surface area contributed by atoms with Crippen molar-refractivity contribution in [3.05, 3.63) is 28.8 Å². The van der Waals surface area contributed by atoms with Crippen LogP contribution in [-0.2, 0) is 6.54 Å². The van der Waals surface area contributed by atoms with E-state index >= 15 is 0 Å². The topological polar surface area (TPSA) is 23.5 Å². The van der Waals surface area contributed by atoms with Gasteiger partial charge in [0.05, 0.1) is 0 Å². The van der Waals surface area contributed by atoms with Crippen molar-refractivity contribution in [3.63, 3.8) is 0 Å². The van der Waals surface area contributed by atoms with Crippen LogP contribution in [0.1, 0.15) is 37.0 Å². The molecule has 0 atom stereocenters. The summed E-state index contributed by atoms with van der Waals surface area (Å²) in [7, 11) is 0. The third kappa shape index (κ3) is 2.81. The van der Waals surface area contributed by atoms with Gasteiger partial charge < -0.3 is 5.11 Å². The number of aryl methyl sites for hydroxylation is 2. The summed E-state index contributed by atoms with van der Waals surface area (Å²) in [6.07, 6.45) is 1.28. The molecule has 1 fully saturated rings. The van der Waals surface area contributed by atoms with Crippen LogP contribution in [0.3, 0.4) is 0 Å². The Balaban J connectivity index is 2.10. The molecule has 0 spiro atoms. The van der Waals surface area contributed by atoms with Crippen molar-refractivity contribution in [1.29, 1.82) is 0 Å². The largest absolute Gasteiger partial charge is 0.507 e. The lowest BCUT2D eigenvalue weighted by Crippen LogP contribution is -2.22. The number of rotatable bonds is 2. The molecule has 1 heterocycles. The number of nitrogens with zero attached hydrogens (tertiary/aromatic N) is 1. The highest BCUT2D eigenvalue weighted by Crippen LogP contribution is 2.30. The fraction of sp³-hybridized carbons (Fsp3) is 0.600. The van der Waals surface area contributed by atoms with Crippen LogP contribution < -0.4 is 0 Å². The van der Waals surface area contributed by atoms with Gasteiger partial charge in [-0.25, -0.2) is 0 Å². The van der Waals surface area contributed by atoms with E-state index in [4.69, 9.17) is 0 Å². The predicted molar refractivity (Wildman–Crippen MR) is 71.3 cm³/mol. The minimum Gasteiger partial charge on any atom is -0.507 e. The van der Waals surface area contributed by atoms with Gasteiger partial charge in [-0.3, -0.25) is 4.90 Å². The van der Waals surface area contributed by atoms with Crippen molar-refractivity contribution in [3.8, 4) is 5.75 Å².